The third kappa shape index (κ3) is 3.48. The lowest BCUT2D eigenvalue weighted by molar-refractivity contribution is 0.122. The van der Waals surface area contributed by atoms with Crippen molar-refractivity contribution in [2.75, 3.05) is 43.5 Å². The molecule has 0 aliphatic carbocycles. The van der Waals surface area contributed by atoms with Crippen LogP contribution in [0, 0.1) is 5.82 Å². The maximum absolute atomic E-state index is 14.2. The van der Waals surface area contributed by atoms with Gasteiger partial charge in [-0.2, -0.15) is 4.98 Å². The number of pyridine rings is 1. The molecule has 0 spiro atoms. The van der Waals surface area contributed by atoms with Gasteiger partial charge in [-0.25, -0.2) is 14.4 Å². The molecule has 1 aromatic carbocycles. The number of anilines is 2. The van der Waals surface area contributed by atoms with E-state index in [0.717, 1.165) is 0 Å². The quantitative estimate of drug-likeness (QED) is 0.756. The van der Waals surface area contributed by atoms with Crippen LogP contribution in [0.4, 0.5) is 16.2 Å². The van der Waals surface area contributed by atoms with Crippen LogP contribution in [0.15, 0.2) is 30.3 Å². The first kappa shape index (κ1) is 17.4. The summed E-state index contributed by atoms with van der Waals surface area (Å²) in [6.45, 7) is 4.87. The van der Waals surface area contributed by atoms with Gasteiger partial charge in [0.25, 0.3) is 0 Å². The van der Waals surface area contributed by atoms with Gasteiger partial charge in [0.2, 0.25) is 5.95 Å². The highest BCUT2D eigenvalue weighted by atomic mass is 19.1. The summed E-state index contributed by atoms with van der Waals surface area (Å²) in [6, 6.07) is 8.45. The molecule has 0 amide bonds. The van der Waals surface area contributed by atoms with Gasteiger partial charge in [-0.15, -0.1) is 0 Å². The summed E-state index contributed by atoms with van der Waals surface area (Å²) in [5.41, 5.74) is 8.45. The molecule has 8 heteroatoms. The van der Waals surface area contributed by atoms with Gasteiger partial charge >= 0.3 is 0 Å². The van der Waals surface area contributed by atoms with Gasteiger partial charge in [-0.3, -0.25) is 0 Å². The smallest absolute Gasteiger partial charge is 0.222 e. The van der Waals surface area contributed by atoms with Crippen LogP contribution in [0.1, 0.15) is 6.92 Å². The highest BCUT2D eigenvalue weighted by Crippen LogP contribution is 2.29. The van der Waals surface area contributed by atoms with Crippen molar-refractivity contribution < 1.29 is 13.9 Å². The number of halogens is 1. The normalized spacial score (nSPS) is 14.5. The summed E-state index contributed by atoms with van der Waals surface area (Å²) >= 11 is 0. The average molecular weight is 369 g/mol. The molecule has 4 rings (SSSR count). The van der Waals surface area contributed by atoms with Crippen molar-refractivity contribution in [3.63, 3.8) is 0 Å². The molecule has 1 aliphatic rings. The minimum absolute atomic E-state index is 0.200. The Morgan fingerprint density at radius 3 is 2.70 bits per heavy atom. The number of nitrogens with zero attached hydrogens (tertiary/aromatic N) is 4. The lowest BCUT2D eigenvalue weighted by Gasteiger charge is -2.28. The van der Waals surface area contributed by atoms with E-state index in [0.29, 0.717) is 61.0 Å². The number of hydrogen-bond acceptors (Lipinski definition) is 7. The van der Waals surface area contributed by atoms with Gasteiger partial charge in [0.1, 0.15) is 5.52 Å². The van der Waals surface area contributed by atoms with E-state index in [1.54, 1.807) is 18.2 Å². The highest BCUT2D eigenvalue weighted by molar-refractivity contribution is 5.88. The van der Waals surface area contributed by atoms with Gasteiger partial charge in [0.15, 0.2) is 17.4 Å². The monoisotopic (exact) mass is 369 g/mol. The molecule has 3 heterocycles. The molecule has 140 valence electrons. The van der Waals surface area contributed by atoms with Crippen LogP contribution in [0.25, 0.3) is 22.3 Å². The van der Waals surface area contributed by atoms with Gasteiger partial charge in [-0.1, -0.05) is 0 Å². The molecule has 0 saturated carbocycles. The molecule has 27 heavy (non-hydrogen) atoms. The lowest BCUT2D eigenvalue weighted by atomic mass is 10.1. The van der Waals surface area contributed by atoms with E-state index in [1.165, 1.54) is 6.07 Å². The van der Waals surface area contributed by atoms with Crippen LogP contribution < -0.4 is 15.4 Å². The largest absolute Gasteiger partial charge is 0.491 e. The standard InChI is InChI=1S/C19H20FN5O2/c1-2-27-16-6-3-12(11-13(16)20)14-4-5-15-17(22-14)18(24-19(21)23-15)25-7-9-26-10-8-25/h3-6,11H,2,7-10H2,1H3,(H2,21,23,24). The van der Waals surface area contributed by atoms with Crippen LogP contribution >= 0.6 is 0 Å². The number of nitrogens with two attached hydrogens (primary N) is 1. The van der Waals surface area contributed by atoms with Crippen LogP contribution in [0.5, 0.6) is 5.75 Å². The van der Waals surface area contributed by atoms with Crippen molar-refractivity contribution >= 4 is 22.8 Å². The van der Waals surface area contributed by atoms with Crippen molar-refractivity contribution in [1.29, 1.82) is 0 Å². The van der Waals surface area contributed by atoms with E-state index in [4.69, 9.17) is 20.2 Å². The number of ether oxygens (including phenoxy) is 2. The van der Waals surface area contributed by atoms with E-state index in [9.17, 15) is 4.39 Å². The molecular formula is C19H20FN5O2. The number of fused-ring (bicyclic) bond motifs is 1. The fourth-order valence-corrected chi connectivity index (χ4v) is 3.11. The molecule has 1 saturated heterocycles. The Morgan fingerprint density at radius 2 is 1.96 bits per heavy atom. The fraction of sp³-hybridized carbons (Fsp3) is 0.316. The average Bonchev–Trinajstić information content (AvgIpc) is 2.69. The summed E-state index contributed by atoms with van der Waals surface area (Å²) in [7, 11) is 0. The zero-order chi connectivity index (χ0) is 18.8. The third-order valence-electron chi connectivity index (χ3n) is 4.38. The van der Waals surface area contributed by atoms with Gasteiger partial charge < -0.3 is 20.1 Å². The summed E-state index contributed by atoms with van der Waals surface area (Å²) < 4.78 is 24.9. The van der Waals surface area contributed by atoms with Crippen molar-refractivity contribution in [3.05, 3.63) is 36.1 Å². The Kier molecular flexibility index (Phi) is 4.72. The second-order valence-corrected chi connectivity index (χ2v) is 6.15. The molecule has 0 radical (unpaired) electrons. The van der Waals surface area contributed by atoms with E-state index >= 15 is 0 Å². The molecular weight excluding hydrogens is 349 g/mol. The first-order chi connectivity index (χ1) is 13.2. The summed E-state index contributed by atoms with van der Waals surface area (Å²) in [4.78, 5) is 15.5. The number of benzene rings is 1. The molecule has 1 fully saturated rings. The summed E-state index contributed by atoms with van der Waals surface area (Å²) in [5.74, 6) is 0.685. The van der Waals surface area contributed by atoms with Crippen LogP contribution in [-0.2, 0) is 4.74 Å². The zero-order valence-corrected chi connectivity index (χ0v) is 15.0. The second-order valence-electron chi connectivity index (χ2n) is 6.15. The Bertz CT molecular complexity index is 976. The van der Waals surface area contributed by atoms with Crippen LogP contribution in [0.2, 0.25) is 0 Å². The van der Waals surface area contributed by atoms with Crippen molar-refractivity contribution in [3.8, 4) is 17.0 Å². The van der Waals surface area contributed by atoms with Crippen molar-refractivity contribution in [2.24, 2.45) is 0 Å². The highest BCUT2D eigenvalue weighted by Gasteiger charge is 2.18. The number of nitrogen functional groups attached to an aromatic ring is 1. The molecule has 3 aromatic rings. The maximum atomic E-state index is 14.2. The molecule has 2 aromatic heterocycles. The number of hydrogen-bond donors (Lipinski definition) is 1. The maximum Gasteiger partial charge on any atom is 0.222 e. The minimum atomic E-state index is -0.418. The van der Waals surface area contributed by atoms with E-state index in [1.807, 2.05) is 13.0 Å². The minimum Gasteiger partial charge on any atom is -0.491 e. The number of rotatable bonds is 4. The van der Waals surface area contributed by atoms with E-state index in [-0.39, 0.29) is 11.7 Å². The Labute approximate surface area is 156 Å². The molecule has 2 N–H and O–H groups in total. The fourth-order valence-electron chi connectivity index (χ4n) is 3.11. The first-order valence-electron chi connectivity index (χ1n) is 8.85. The summed E-state index contributed by atoms with van der Waals surface area (Å²) in [6.07, 6.45) is 0. The third-order valence-corrected chi connectivity index (χ3v) is 4.38. The molecule has 7 nitrogen and oxygen atoms in total. The summed E-state index contributed by atoms with van der Waals surface area (Å²) in [5, 5.41) is 0. The van der Waals surface area contributed by atoms with Crippen LogP contribution in [-0.4, -0.2) is 47.9 Å². The molecule has 0 bridgehead atoms. The predicted molar refractivity (Wildman–Crippen MR) is 101 cm³/mol. The Hall–Kier alpha value is -3.00. The molecule has 1 aliphatic heterocycles. The lowest BCUT2D eigenvalue weighted by Crippen LogP contribution is -2.37. The van der Waals surface area contributed by atoms with Gasteiger partial charge in [0.05, 0.1) is 31.0 Å². The van der Waals surface area contributed by atoms with Crippen molar-refractivity contribution in [1.82, 2.24) is 15.0 Å². The van der Waals surface area contributed by atoms with Gasteiger partial charge in [0, 0.05) is 18.7 Å². The number of morpholine rings is 1. The Balaban J connectivity index is 1.79. The van der Waals surface area contributed by atoms with Crippen LogP contribution in [0.3, 0.4) is 0 Å². The van der Waals surface area contributed by atoms with Gasteiger partial charge in [-0.05, 0) is 37.3 Å². The van der Waals surface area contributed by atoms with Crippen molar-refractivity contribution in [2.45, 2.75) is 6.92 Å². The van der Waals surface area contributed by atoms with E-state index < -0.39 is 5.82 Å². The topological polar surface area (TPSA) is 86.4 Å². The Morgan fingerprint density at radius 1 is 1.15 bits per heavy atom. The number of aromatic nitrogens is 3. The first-order valence-corrected chi connectivity index (χ1v) is 8.85. The second kappa shape index (κ2) is 7.32. The molecule has 0 unspecified atom stereocenters. The molecule has 0 atom stereocenters. The zero-order valence-electron chi connectivity index (χ0n) is 15.0. The van der Waals surface area contributed by atoms with E-state index in [2.05, 4.69) is 14.9 Å². The SMILES string of the molecule is CCOc1ccc(-c2ccc3nc(N)nc(N4CCOCC4)c3n2)cc1F. The predicted octanol–water partition coefficient (Wildman–Crippen LogP) is 2.65.